The highest BCUT2D eigenvalue weighted by Gasteiger charge is 2.21. The molecular weight excluding hydrogens is 293 g/mol. The number of aromatic nitrogens is 1. The van der Waals surface area contributed by atoms with Crippen LogP contribution in [-0.4, -0.2) is 10.9 Å². The molecule has 0 saturated heterocycles. The van der Waals surface area contributed by atoms with Gasteiger partial charge in [0, 0.05) is 11.6 Å². The lowest BCUT2D eigenvalue weighted by Crippen LogP contribution is -2.25. The van der Waals surface area contributed by atoms with E-state index in [1.54, 1.807) is 24.4 Å². The Labute approximate surface area is 135 Å². The summed E-state index contributed by atoms with van der Waals surface area (Å²) in [5, 5.41) is 6.02. The molecule has 1 amide bonds. The van der Waals surface area contributed by atoms with Gasteiger partial charge in [0.05, 0.1) is 11.9 Å². The van der Waals surface area contributed by atoms with Crippen LogP contribution in [0.2, 0.25) is 0 Å². The Bertz CT molecular complexity index is 649. The molecule has 0 radical (unpaired) electrons. The van der Waals surface area contributed by atoms with Crippen molar-refractivity contribution < 1.29 is 9.18 Å². The zero-order valence-corrected chi connectivity index (χ0v) is 12.9. The number of hydrogen-bond donors (Lipinski definition) is 2. The van der Waals surface area contributed by atoms with Gasteiger partial charge in [-0.1, -0.05) is 19.3 Å². The first-order valence-corrected chi connectivity index (χ1v) is 8.00. The van der Waals surface area contributed by atoms with Crippen LogP contribution in [0.1, 0.15) is 32.1 Å². The maximum Gasteiger partial charge on any atom is 0.228 e. The number of halogens is 1. The summed E-state index contributed by atoms with van der Waals surface area (Å²) in [5.41, 5.74) is 1.57. The minimum absolute atomic E-state index is 0.0662. The van der Waals surface area contributed by atoms with Crippen molar-refractivity contribution in [3.63, 3.8) is 0 Å². The molecule has 1 aromatic heterocycles. The van der Waals surface area contributed by atoms with Crippen LogP contribution in [0, 0.1) is 11.7 Å². The molecule has 5 heteroatoms. The van der Waals surface area contributed by atoms with E-state index in [2.05, 4.69) is 15.6 Å². The lowest BCUT2D eigenvalue weighted by molar-refractivity contribution is -0.120. The molecule has 3 rings (SSSR count). The fourth-order valence-electron chi connectivity index (χ4n) is 2.83. The third-order valence-electron chi connectivity index (χ3n) is 4.12. The Morgan fingerprint density at radius 1 is 1.00 bits per heavy atom. The first-order chi connectivity index (χ1) is 11.2. The largest absolute Gasteiger partial charge is 0.354 e. The molecule has 1 aliphatic carbocycles. The molecule has 1 aliphatic rings. The highest BCUT2D eigenvalue weighted by molar-refractivity contribution is 5.91. The van der Waals surface area contributed by atoms with E-state index in [-0.39, 0.29) is 17.6 Å². The molecule has 0 atom stereocenters. The standard InChI is InChI=1S/C18H20FN3O/c19-14-6-8-15(9-7-14)21-16-10-11-17(20-12-16)22-18(23)13-4-2-1-3-5-13/h6-13,21H,1-5H2,(H,20,22,23). The molecule has 120 valence electrons. The van der Waals surface area contributed by atoms with Crippen LogP contribution in [0.3, 0.4) is 0 Å². The number of pyridine rings is 1. The van der Waals surface area contributed by atoms with Gasteiger partial charge in [-0.2, -0.15) is 0 Å². The Morgan fingerprint density at radius 3 is 2.35 bits per heavy atom. The van der Waals surface area contributed by atoms with Crippen LogP contribution in [0.4, 0.5) is 21.6 Å². The molecule has 1 fully saturated rings. The zero-order chi connectivity index (χ0) is 16.1. The summed E-state index contributed by atoms with van der Waals surface area (Å²) in [7, 11) is 0. The highest BCUT2D eigenvalue weighted by Crippen LogP contribution is 2.25. The molecule has 0 spiro atoms. The fourth-order valence-corrected chi connectivity index (χ4v) is 2.83. The van der Waals surface area contributed by atoms with Gasteiger partial charge in [0.1, 0.15) is 11.6 Å². The van der Waals surface area contributed by atoms with E-state index in [9.17, 15) is 9.18 Å². The normalized spacial score (nSPS) is 15.2. The van der Waals surface area contributed by atoms with Gasteiger partial charge in [-0.05, 0) is 49.2 Å². The number of anilines is 3. The lowest BCUT2D eigenvalue weighted by atomic mass is 9.89. The predicted octanol–water partition coefficient (Wildman–Crippen LogP) is 4.48. The predicted molar refractivity (Wildman–Crippen MR) is 89.1 cm³/mol. The van der Waals surface area contributed by atoms with Gasteiger partial charge in [0.2, 0.25) is 5.91 Å². The third kappa shape index (κ3) is 4.28. The quantitative estimate of drug-likeness (QED) is 0.875. The Kier molecular flexibility index (Phi) is 4.86. The van der Waals surface area contributed by atoms with E-state index < -0.39 is 0 Å². The van der Waals surface area contributed by atoms with E-state index in [0.717, 1.165) is 37.1 Å². The Morgan fingerprint density at radius 2 is 1.70 bits per heavy atom. The van der Waals surface area contributed by atoms with Crippen molar-refractivity contribution in [2.45, 2.75) is 32.1 Å². The minimum atomic E-state index is -0.269. The maximum atomic E-state index is 12.9. The molecule has 0 aliphatic heterocycles. The molecule has 2 aromatic rings. The van der Waals surface area contributed by atoms with E-state index in [1.807, 2.05) is 6.07 Å². The second kappa shape index (κ2) is 7.22. The lowest BCUT2D eigenvalue weighted by Gasteiger charge is -2.20. The van der Waals surface area contributed by atoms with E-state index in [1.165, 1.54) is 18.6 Å². The van der Waals surface area contributed by atoms with E-state index >= 15 is 0 Å². The Balaban J connectivity index is 1.58. The molecule has 1 saturated carbocycles. The van der Waals surface area contributed by atoms with Crippen molar-refractivity contribution in [3.05, 3.63) is 48.4 Å². The monoisotopic (exact) mass is 313 g/mol. The summed E-state index contributed by atoms with van der Waals surface area (Å²) >= 11 is 0. The smallest absolute Gasteiger partial charge is 0.228 e. The zero-order valence-electron chi connectivity index (χ0n) is 12.9. The first kappa shape index (κ1) is 15.5. The van der Waals surface area contributed by atoms with Crippen LogP contribution in [0.5, 0.6) is 0 Å². The SMILES string of the molecule is O=C(Nc1ccc(Nc2ccc(F)cc2)cn1)C1CCCCC1. The van der Waals surface area contributed by atoms with Gasteiger partial charge in [0.15, 0.2) is 0 Å². The number of benzene rings is 1. The van der Waals surface area contributed by atoms with Gasteiger partial charge in [-0.15, -0.1) is 0 Å². The van der Waals surface area contributed by atoms with Crippen LogP contribution in [0.25, 0.3) is 0 Å². The van der Waals surface area contributed by atoms with Gasteiger partial charge in [0.25, 0.3) is 0 Å². The average molecular weight is 313 g/mol. The molecule has 23 heavy (non-hydrogen) atoms. The van der Waals surface area contributed by atoms with Crippen molar-refractivity contribution in [1.82, 2.24) is 4.98 Å². The first-order valence-electron chi connectivity index (χ1n) is 8.00. The molecule has 1 aromatic carbocycles. The summed E-state index contributed by atoms with van der Waals surface area (Å²) in [4.78, 5) is 16.4. The van der Waals surface area contributed by atoms with Crippen molar-refractivity contribution >= 4 is 23.1 Å². The maximum absolute atomic E-state index is 12.9. The second-order valence-electron chi connectivity index (χ2n) is 5.89. The van der Waals surface area contributed by atoms with Crippen LogP contribution in [0.15, 0.2) is 42.6 Å². The van der Waals surface area contributed by atoms with Gasteiger partial charge in [-0.25, -0.2) is 9.37 Å². The molecule has 0 bridgehead atoms. The topological polar surface area (TPSA) is 54.0 Å². The third-order valence-corrected chi connectivity index (χ3v) is 4.12. The Hall–Kier alpha value is -2.43. The minimum Gasteiger partial charge on any atom is -0.354 e. The van der Waals surface area contributed by atoms with Crippen LogP contribution >= 0.6 is 0 Å². The number of carbonyl (C=O) groups excluding carboxylic acids is 1. The van der Waals surface area contributed by atoms with Crippen molar-refractivity contribution in [2.75, 3.05) is 10.6 Å². The summed E-state index contributed by atoms with van der Waals surface area (Å²) in [6.45, 7) is 0. The molecule has 2 N–H and O–H groups in total. The number of nitrogens with zero attached hydrogens (tertiary/aromatic N) is 1. The van der Waals surface area contributed by atoms with Crippen LogP contribution in [-0.2, 0) is 4.79 Å². The number of nitrogens with one attached hydrogen (secondary N) is 2. The molecule has 4 nitrogen and oxygen atoms in total. The number of amides is 1. The fraction of sp³-hybridized carbons (Fsp3) is 0.333. The molecule has 1 heterocycles. The summed E-state index contributed by atoms with van der Waals surface area (Å²) in [6, 6.07) is 9.73. The summed E-state index contributed by atoms with van der Waals surface area (Å²) in [6.07, 6.45) is 7.08. The highest BCUT2D eigenvalue weighted by atomic mass is 19.1. The van der Waals surface area contributed by atoms with Crippen LogP contribution < -0.4 is 10.6 Å². The van der Waals surface area contributed by atoms with Crippen molar-refractivity contribution in [2.24, 2.45) is 5.92 Å². The van der Waals surface area contributed by atoms with Gasteiger partial charge < -0.3 is 10.6 Å². The van der Waals surface area contributed by atoms with Crippen molar-refractivity contribution in [1.29, 1.82) is 0 Å². The summed E-state index contributed by atoms with van der Waals surface area (Å²) in [5.74, 6) is 0.471. The second-order valence-corrected chi connectivity index (χ2v) is 5.89. The average Bonchev–Trinajstić information content (AvgIpc) is 2.59. The molecule has 0 unspecified atom stereocenters. The number of rotatable bonds is 4. The number of carbonyl (C=O) groups is 1. The van der Waals surface area contributed by atoms with Gasteiger partial charge >= 0.3 is 0 Å². The van der Waals surface area contributed by atoms with Gasteiger partial charge in [-0.3, -0.25) is 4.79 Å². The van der Waals surface area contributed by atoms with E-state index in [0.29, 0.717) is 5.82 Å². The van der Waals surface area contributed by atoms with E-state index in [4.69, 9.17) is 0 Å². The molecular formula is C18H20FN3O. The summed E-state index contributed by atoms with van der Waals surface area (Å²) < 4.78 is 12.9. The number of hydrogen-bond acceptors (Lipinski definition) is 3. The van der Waals surface area contributed by atoms with Crippen molar-refractivity contribution in [3.8, 4) is 0 Å².